The minimum absolute atomic E-state index is 0.0548. The molecule has 1 aliphatic rings. The van der Waals surface area contributed by atoms with Crippen LogP contribution in [0.15, 0.2) is 51.8 Å². The minimum Gasteiger partial charge on any atom is -0.369 e. The maximum atomic E-state index is 13.2. The van der Waals surface area contributed by atoms with Crippen LogP contribution in [0.1, 0.15) is 0 Å². The Balaban J connectivity index is 1.75. The molecular formula is C16H15BrF2N2O2S. The molecule has 1 saturated heterocycles. The Labute approximate surface area is 147 Å². The van der Waals surface area contributed by atoms with Crippen LogP contribution in [0.2, 0.25) is 0 Å². The zero-order valence-electron chi connectivity index (χ0n) is 12.6. The van der Waals surface area contributed by atoms with E-state index in [9.17, 15) is 17.2 Å². The summed E-state index contributed by atoms with van der Waals surface area (Å²) in [5, 5.41) is 0. The largest absolute Gasteiger partial charge is 0.369 e. The molecule has 2 aromatic carbocycles. The SMILES string of the molecule is O=S(=O)(c1ccc(F)cc1Br)N1CCN(c2ccc(F)cc2)CC1. The Morgan fingerprint density at radius 3 is 2.04 bits per heavy atom. The van der Waals surface area contributed by atoms with Crippen molar-refractivity contribution in [3.05, 3.63) is 58.6 Å². The molecule has 0 aromatic heterocycles. The highest BCUT2D eigenvalue weighted by atomic mass is 79.9. The van der Waals surface area contributed by atoms with Gasteiger partial charge in [0.15, 0.2) is 0 Å². The maximum absolute atomic E-state index is 13.2. The van der Waals surface area contributed by atoms with E-state index in [1.165, 1.54) is 22.5 Å². The van der Waals surface area contributed by atoms with E-state index in [0.717, 1.165) is 17.8 Å². The third-order valence-corrected chi connectivity index (χ3v) is 6.82. The van der Waals surface area contributed by atoms with Crippen molar-refractivity contribution in [3.8, 4) is 0 Å². The molecule has 24 heavy (non-hydrogen) atoms. The van der Waals surface area contributed by atoms with Crippen molar-refractivity contribution in [1.29, 1.82) is 0 Å². The second kappa shape index (κ2) is 6.78. The van der Waals surface area contributed by atoms with Crippen LogP contribution < -0.4 is 4.90 Å². The van der Waals surface area contributed by atoms with E-state index in [4.69, 9.17) is 0 Å². The highest BCUT2D eigenvalue weighted by Gasteiger charge is 2.30. The highest BCUT2D eigenvalue weighted by Crippen LogP contribution is 2.27. The van der Waals surface area contributed by atoms with E-state index < -0.39 is 15.8 Å². The minimum atomic E-state index is -3.69. The predicted molar refractivity (Wildman–Crippen MR) is 91.5 cm³/mol. The normalized spacial score (nSPS) is 16.4. The van der Waals surface area contributed by atoms with Gasteiger partial charge in [-0.1, -0.05) is 0 Å². The maximum Gasteiger partial charge on any atom is 0.244 e. The summed E-state index contributed by atoms with van der Waals surface area (Å²) >= 11 is 3.11. The lowest BCUT2D eigenvalue weighted by Crippen LogP contribution is -2.48. The lowest BCUT2D eigenvalue weighted by molar-refractivity contribution is 0.384. The first-order valence-corrected chi connectivity index (χ1v) is 9.57. The molecule has 0 bridgehead atoms. The number of anilines is 1. The molecule has 0 atom stereocenters. The van der Waals surface area contributed by atoms with Gasteiger partial charge in [0.05, 0.1) is 4.90 Å². The Morgan fingerprint density at radius 2 is 1.46 bits per heavy atom. The molecule has 4 nitrogen and oxygen atoms in total. The summed E-state index contributed by atoms with van der Waals surface area (Å²) in [7, 11) is -3.69. The lowest BCUT2D eigenvalue weighted by Gasteiger charge is -2.35. The molecule has 0 N–H and O–H groups in total. The summed E-state index contributed by atoms with van der Waals surface area (Å²) in [5.74, 6) is -0.803. The smallest absolute Gasteiger partial charge is 0.244 e. The van der Waals surface area contributed by atoms with Crippen molar-refractivity contribution in [2.75, 3.05) is 31.1 Å². The summed E-state index contributed by atoms with van der Waals surface area (Å²) in [6, 6.07) is 9.66. The monoisotopic (exact) mass is 416 g/mol. The fourth-order valence-corrected chi connectivity index (χ4v) is 5.09. The Hall–Kier alpha value is -1.51. The number of rotatable bonds is 3. The Kier molecular flexibility index (Phi) is 4.89. The van der Waals surface area contributed by atoms with Crippen molar-refractivity contribution in [2.24, 2.45) is 0 Å². The van der Waals surface area contributed by atoms with Gasteiger partial charge in [0.2, 0.25) is 10.0 Å². The van der Waals surface area contributed by atoms with Gasteiger partial charge in [-0.2, -0.15) is 4.31 Å². The molecule has 1 fully saturated rings. The standard InChI is InChI=1S/C16H15BrF2N2O2S/c17-15-11-13(19)3-6-16(15)24(22,23)21-9-7-20(8-10-21)14-4-1-12(18)2-5-14/h1-6,11H,7-10H2. The van der Waals surface area contributed by atoms with Crippen molar-refractivity contribution < 1.29 is 17.2 Å². The van der Waals surface area contributed by atoms with Crippen LogP contribution in [0.4, 0.5) is 14.5 Å². The number of hydrogen-bond donors (Lipinski definition) is 0. The molecule has 3 rings (SSSR count). The predicted octanol–water partition coefficient (Wildman–Crippen LogP) is 3.24. The number of sulfonamides is 1. The summed E-state index contributed by atoms with van der Waals surface area (Å²) in [5.41, 5.74) is 0.858. The van der Waals surface area contributed by atoms with Crippen molar-refractivity contribution >= 4 is 31.6 Å². The van der Waals surface area contributed by atoms with Gasteiger partial charge in [-0.05, 0) is 58.4 Å². The van der Waals surface area contributed by atoms with E-state index in [1.807, 2.05) is 4.90 Å². The summed E-state index contributed by atoms with van der Waals surface area (Å²) in [6.07, 6.45) is 0. The average Bonchev–Trinajstić information content (AvgIpc) is 2.55. The van der Waals surface area contributed by atoms with Gasteiger partial charge >= 0.3 is 0 Å². The van der Waals surface area contributed by atoms with Crippen molar-refractivity contribution in [3.63, 3.8) is 0 Å². The van der Waals surface area contributed by atoms with E-state index >= 15 is 0 Å². The van der Waals surface area contributed by atoms with Crippen LogP contribution in [-0.4, -0.2) is 38.9 Å². The molecule has 0 unspecified atom stereocenters. The molecular weight excluding hydrogens is 402 g/mol. The second-order valence-corrected chi connectivity index (χ2v) is 8.20. The first-order valence-electron chi connectivity index (χ1n) is 7.33. The fourth-order valence-electron chi connectivity index (χ4n) is 2.66. The number of halogens is 3. The Morgan fingerprint density at radius 1 is 0.875 bits per heavy atom. The molecule has 0 saturated carbocycles. The first-order chi connectivity index (χ1) is 11.4. The molecule has 1 heterocycles. The van der Waals surface area contributed by atoms with Crippen LogP contribution >= 0.6 is 15.9 Å². The zero-order chi connectivity index (χ0) is 17.3. The van der Waals surface area contributed by atoms with Gasteiger partial charge in [-0.25, -0.2) is 17.2 Å². The van der Waals surface area contributed by atoms with Crippen LogP contribution in [-0.2, 0) is 10.0 Å². The zero-order valence-corrected chi connectivity index (χ0v) is 15.0. The molecule has 1 aliphatic heterocycles. The molecule has 0 spiro atoms. The molecule has 0 aliphatic carbocycles. The fraction of sp³-hybridized carbons (Fsp3) is 0.250. The molecule has 0 radical (unpaired) electrons. The van der Waals surface area contributed by atoms with Crippen LogP contribution in [0.5, 0.6) is 0 Å². The number of piperazine rings is 1. The topological polar surface area (TPSA) is 40.6 Å². The van der Waals surface area contributed by atoms with E-state index in [-0.39, 0.29) is 15.2 Å². The summed E-state index contributed by atoms with van der Waals surface area (Å²) in [4.78, 5) is 2.06. The van der Waals surface area contributed by atoms with E-state index in [2.05, 4.69) is 15.9 Å². The number of hydrogen-bond acceptors (Lipinski definition) is 3. The van der Waals surface area contributed by atoms with Crippen LogP contribution in [0, 0.1) is 11.6 Å². The summed E-state index contributed by atoms with van der Waals surface area (Å²) < 4.78 is 53.2. The van der Waals surface area contributed by atoms with Gasteiger partial charge in [-0.3, -0.25) is 0 Å². The lowest BCUT2D eigenvalue weighted by atomic mass is 10.2. The van der Waals surface area contributed by atoms with Gasteiger partial charge in [0.1, 0.15) is 11.6 Å². The van der Waals surface area contributed by atoms with Gasteiger partial charge < -0.3 is 4.90 Å². The van der Waals surface area contributed by atoms with Gasteiger partial charge in [0.25, 0.3) is 0 Å². The van der Waals surface area contributed by atoms with E-state index in [1.54, 1.807) is 12.1 Å². The molecule has 128 valence electrons. The molecule has 8 heteroatoms. The third kappa shape index (κ3) is 3.45. The summed E-state index contributed by atoms with van der Waals surface area (Å²) in [6.45, 7) is 1.63. The second-order valence-electron chi connectivity index (χ2n) is 5.44. The number of benzene rings is 2. The molecule has 0 amide bonds. The van der Waals surface area contributed by atoms with Crippen LogP contribution in [0.3, 0.4) is 0 Å². The third-order valence-electron chi connectivity index (χ3n) is 3.94. The van der Waals surface area contributed by atoms with Crippen molar-refractivity contribution in [2.45, 2.75) is 4.90 Å². The molecule has 2 aromatic rings. The first kappa shape index (κ1) is 17.3. The van der Waals surface area contributed by atoms with E-state index in [0.29, 0.717) is 26.2 Å². The van der Waals surface area contributed by atoms with Crippen molar-refractivity contribution in [1.82, 2.24) is 4.31 Å². The quantitative estimate of drug-likeness (QED) is 0.770. The number of nitrogens with zero attached hydrogens (tertiary/aromatic N) is 2. The highest BCUT2D eigenvalue weighted by molar-refractivity contribution is 9.10. The Bertz CT molecular complexity index is 836. The van der Waals surface area contributed by atoms with Gasteiger partial charge in [0, 0.05) is 36.3 Å². The van der Waals surface area contributed by atoms with Gasteiger partial charge in [-0.15, -0.1) is 0 Å². The average molecular weight is 417 g/mol. The van der Waals surface area contributed by atoms with Crippen LogP contribution in [0.25, 0.3) is 0 Å².